The van der Waals surface area contributed by atoms with E-state index in [2.05, 4.69) is 19.2 Å². The first-order valence-electron chi connectivity index (χ1n) is 5.12. The van der Waals surface area contributed by atoms with Crippen molar-refractivity contribution < 1.29 is 0 Å². The Hall–Kier alpha value is -1.09. The molecule has 1 unspecified atom stereocenters. The molecular formula is C11H18N2O. The van der Waals surface area contributed by atoms with E-state index in [9.17, 15) is 4.79 Å². The van der Waals surface area contributed by atoms with E-state index in [1.807, 2.05) is 17.0 Å². The molecule has 0 radical (unpaired) electrons. The summed E-state index contributed by atoms with van der Waals surface area (Å²) in [5, 5.41) is 3.40. The molecule has 0 aromatic carbocycles. The number of hydrogen-bond donors (Lipinski definition) is 1. The van der Waals surface area contributed by atoms with Crippen LogP contribution in [-0.4, -0.2) is 17.2 Å². The van der Waals surface area contributed by atoms with Gasteiger partial charge in [-0.15, -0.1) is 0 Å². The van der Waals surface area contributed by atoms with E-state index in [0.717, 1.165) is 19.5 Å². The molecule has 78 valence electrons. The Morgan fingerprint density at radius 2 is 2.07 bits per heavy atom. The highest BCUT2D eigenvalue weighted by Gasteiger charge is 1.95. The number of hydrogen-bond acceptors (Lipinski definition) is 2. The molecule has 14 heavy (non-hydrogen) atoms. The Balaban J connectivity index is 2.31. The van der Waals surface area contributed by atoms with Crippen molar-refractivity contribution in [2.75, 3.05) is 6.54 Å². The molecule has 1 rings (SSSR count). The van der Waals surface area contributed by atoms with Gasteiger partial charge in [0.15, 0.2) is 5.43 Å². The molecule has 0 amide bonds. The maximum Gasteiger partial charge on any atom is 0.181 e. The third kappa shape index (κ3) is 3.75. The molecule has 0 aliphatic heterocycles. The molecule has 1 heterocycles. The largest absolute Gasteiger partial charge is 0.353 e. The van der Waals surface area contributed by atoms with E-state index in [4.69, 9.17) is 0 Å². The van der Waals surface area contributed by atoms with Crippen LogP contribution in [-0.2, 0) is 6.54 Å². The highest BCUT2D eigenvalue weighted by atomic mass is 16.1. The lowest BCUT2D eigenvalue weighted by Crippen LogP contribution is -2.28. The Labute approximate surface area is 84.8 Å². The third-order valence-corrected chi connectivity index (χ3v) is 2.34. The summed E-state index contributed by atoms with van der Waals surface area (Å²) in [6.07, 6.45) is 4.78. The lowest BCUT2D eigenvalue weighted by molar-refractivity contribution is 0.503. The van der Waals surface area contributed by atoms with Crippen molar-refractivity contribution in [3.8, 4) is 0 Å². The normalized spacial score (nSPS) is 12.7. The van der Waals surface area contributed by atoms with Crippen LogP contribution in [0.2, 0.25) is 0 Å². The number of rotatable bonds is 5. The number of nitrogens with one attached hydrogen (secondary N) is 1. The zero-order valence-electron chi connectivity index (χ0n) is 8.86. The van der Waals surface area contributed by atoms with Gasteiger partial charge in [-0.2, -0.15) is 0 Å². The summed E-state index contributed by atoms with van der Waals surface area (Å²) in [6.45, 7) is 6.19. The van der Waals surface area contributed by atoms with Crippen molar-refractivity contribution in [3.63, 3.8) is 0 Å². The van der Waals surface area contributed by atoms with Crippen LogP contribution in [0.15, 0.2) is 29.3 Å². The van der Waals surface area contributed by atoms with Crippen molar-refractivity contribution in [1.29, 1.82) is 0 Å². The van der Waals surface area contributed by atoms with Crippen LogP contribution in [0.25, 0.3) is 0 Å². The van der Waals surface area contributed by atoms with Crippen molar-refractivity contribution in [3.05, 3.63) is 34.7 Å². The second-order valence-corrected chi connectivity index (χ2v) is 3.54. The maximum absolute atomic E-state index is 10.8. The molecule has 0 aliphatic rings. The van der Waals surface area contributed by atoms with E-state index in [1.54, 1.807) is 12.1 Å². The second-order valence-electron chi connectivity index (χ2n) is 3.54. The molecule has 0 spiro atoms. The van der Waals surface area contributed by atoms with E-state index >= 15 is 0 Å². The molecule has 1 aromatic heterocycles. The molecule has 1 atom stereocenters. The zero-order valence-corrected chi connectivity index (χ0v) is 8.86. The molecule has 0 fully saturated rings. The van der Waals surface area contributed by atoms with E-state index in [1.165, 1.54) is 0 Å². The van der Waals surface area contributed by atoms with Gasteiger partial charge in [-0.05, 0) is 13.3 Å². The predicted molar refractivity (Wildman–Crippen MR) is 58.5 cm³/mol. The summed E-state index contributed by atoms with van der Waals surface area (Å²) in [5.41, 5.74) is 0.0659. The van der Waals surface area contributed by atoms with Gasteiger partial charge in [0, 0.05) is 43.7 Å². The minimum Gasteiger partial charge on any atom is -0.353 e. The van der Waals surface area contributed by atoms with Gasteiger partial charge in [0.05, 0.1) is 0 Å². The van der Waals surface area contributed by atoms with Crippen LogP contribution in [0.3, 0.4) is 0 Å². The smallest absolute Gasteiger partial charge is 0.181 e. The van der Waals surface area contributed by atoms with Gasteiger partial charge in [0.2, 0.25) is 0 Å². The fourth-order valence-electron chi connectivity index (χ4n) is 1.18. The molecule has 0 saturated carbocycles. The van der Waals surface area contributed by atoms with Crippen molar-refractivity contribution in [2.24, 2.45) is 0 Å². The SMILES string of the molecule is CCC(C)NCCn1ccc(=O)cc1. The molecule has 0 saturated heterocycles. The van der Waals surface area contributed by atoms with Crippen LogP contribution in [0.5, 0.6) is 0 Å². The molecular weight excluding hydrogens is 176 g/mol. The van der Waals surface area contributed by atoms with Crippen LogP contribution in [0.4, 0.5) is 0 Å². The summed E-state index contributed by atoms with van der Waals surface area (Å²) in [7, 11) is 0. The highest BCUT2D eigenvalue weighted by Crippen LogP contribution is 1.88. The number of aromatic nitrogens is 1. The van der Waals surface area contributed by atoms with Crippen LogP contribution in [0.1, 0.15) is 20.3 Å². The molecule has 1 aromatic rings. The zero-order chi connectivity index (χ0) is 10.4. The lowest BCUT2D eigenvalue weighted by Gasteiger charge is -2.12. The van der Waals surface area contributed by atoms with Crippen molar-refractivity contribution in [1.82, 2.24) is 9.88 Å². The summed E-state index contributed by atoms with van der Waals surface area (Å²) < 4.78 is 2.01. The molecule has 3 heteroatoms. The van der Waals surface area contributed by atoms with E-state index in [-0.39, 0.29) is 5.43 Å². The van der Waals surface area contributed by atoms with Crippen LogP contribution >= 0.6 is 0 Å². The van der Waals surface area contributed by atoms with Crippen LogP contribution in [0, 0.1) is 0 Å². The van der Waals surface area contributed by atoms with Crippen molar-refractivity contribution >= 4 is 0 Å². The number of nitrogens with zero attached hydrogens (tertiary/aromatic N) is 1. The van der Waals surface area contributed by atoms with Gasteiger partial charge in [-0.3, -0.25) is 4.79 Å². The summed E-state index contributed by atoms with van der Waals surface area (Å²) in [6, 6.07) is 3.74. The number of pyridine rings is 1. The first-order chi connectivity index (χ1) is 6.72. The summed E-state index contributed by atoms with van der Waals surface area (Å²) in [4.78, 5) is 10.8. The van der Waals surface area contributed by atoms with Crippen molar-refractivity contribution in [2.45, 2.75) is 32.9 Å². The standard InChI is InChI=1S/C11H18N2O/c1-3-10(2)12-6-9-13-7-4-11(14)5-8-13/h4-5,7-8,10,12H,3,6,9H2,1-2H3. The fourth-order valence-corrected chi connectivity index (χ4v) is 1.18. The fraction of sp³-hybridized carbons (Fsp3) is 0.545. The summed E-state index contributed by atoms with van der Waals surface area (Å²) >= 11 is 0. The van der Waals surface area contributed by atoms with Gasteiger partial charge in [0.25, 0.3) is 0 Å². The van der Waals surface area contributed by atoms with Gasteiger partial charge in [0.1, 0.15) is 0 Å². The molecule has 1 N–H and O–H groups in total. The monoisotopic (exact) mass is 194 g/mol. The van der Waals surface area contributed by atoms with Gasteiger partial charge in [-0.25, -0.2) is 0 Å². The second kappa shape index (κ2) is 5.60. The van der Waals surface area contributed by atoms with Gasteiger partial charge < -0.3 is 9.88 Å². The first-order valence-corrected chi connectivity index (χ1v) is 5.12. The highest BCUT2D eigenvalue weighted by molar-refractivity contribution is 4.93. The Bertz CT molecular complexity index is 299. The first kappa shape index (κ1) is 11.0. The van der Waals surface area contributed by atoms with E-state index < -0.39 is 0 Å². The average Bonchev–Trinajstić information content (AvgIpc) is 2.21. The van der Waals surface area contributed by atoms with Crippen LogP contribution < -0.4 is 10.7 Å². The van der Waals surface area contributed by atoms with Gasteiger partial charge >= 0.3 is 0 Å². The molecule has 3 nitrogen and oxygen atoms in total. The minimum atomic E-state index is 0.0659. The maximum atomic E-state index is 10.8. The topological polar surface area (TPSA) is 34.0 Å². The Kier molecular flexibility index (Phi) is 4.40. The lowest BCUT2D eigenvalue weighted by atomic mass is 10.2. The Morgan fingerprint density at radius 1 is 1.43 bits per heavy atom. The average molecular weight is 194 g/mol. The molecule has 0 aliphatic carbocycles. The van der Waals surface area contributed by atoms with E-state index in [0.29, 0.717) is 6.04 Å². The predicted octanol–water partition coefficient (Wildman–Crippen LogP) is 1.24. The quantitative estimate of drug-likeness (QED) is 0.765. The summed E-state index contributed by atoms with van der Waals surface area (Å²) in [5.74, 6) is 0. The minimum absolute atomic E-state index is 0.0659. The Morgan fingerprint density at radius 3 is 2.64 bits per heavy atom. The van der Waals surface area contributed by atoms with Gasteiger partial charge in [-0.1, -0.05) is 6.92 Å². The molecule has 0 bridgehead atoms. The third-order valence-electron chi connectivity index (χ3n) is 2.34.